The number of carbonyl (C=O) groups excluding carboxylic acids is 1. The highest BCUT2D eigenvalue weighted by Gasteiger charge is 2.31. The molecule has 27 heavy (non-hydrogen) atoms. The molecule has 0 saturated carbocycles. The first-order valence-corrected chi connectivity index (χ1v) is 10.3. The van der Waals surface area contributed by atoms with Crippen LogP contribution in [-0.2, 0) is 12.8 Å². The molecule has 5 nitrogen and oxygen atoms in total. The molecular formula is C22H30N4O. The number of benzene rings is 1. The third-order valence-corrected chi connectivity index (χ3v) is 6.23. The van der Waals surface area contributed by atoms with Crippen molar-refractivity contribution in [2.45, 2.75) is 58.4 Å². The van der Waals surface area contributed by atoms with Crippen molar-refractivity contribution in [3.05, 3.63) is 46.8 Å². The molecule has 1 aromatic heterocycles. The summed E-state index contributed by atoms with van der Waals surface area (Å²) >= 11 is 0. The minimum atomic E-state index is 0.0992. The summed E-state index contributed by atoms with van der Waals surface area (Å²) in [5.74, 6) is 0.621. The molecule has 1 aliphatic carbocycles. The van der Waals surface area contributed by atoms with Crippen molar-refractivity contribution in [2.24, 2.45) is 11.7 Å². The molecule has 1 amide bonds. The van der Waals surface area contributed by atoms with Gasteiger partial charge in [-0.1, -0.05) is 17.7 Å². The lowest BCUT2D eigenvalue weighted by Crippen LogP contribution is -2.43. The molecule has 1 fully saturated rings. The summed E-state index contributed by atoms with van der Waals surface area (Å²) in [4.78, 5) is 15.2. The van der Waals surface area contributed by atoms with Gasteiger partial charge in [-0.25, -0.2) is 4.68 Å². The van der Waals surface area contributed by atoms with Gasteiger partial charge in [-0.2, -0.15) is 5.10 Å². The summed E-state index contributed by atoms with van der Waals surface area (Å²) in [6, 6.07) is 8.61. The summed E-state index contributed by atoms with van der Waals surface area (Å²) in [6.07, 6.45) is 6.24. The molecule has 2 aliphatic rings. The van der Waals surface area contributed by atoms with E-state index >= 15 is 0 Å². The predicted octanol–water partition coefficient (Wildman–Crippen LogP) is 3.26. The number of carbonyl (C=O) groups is 1. The van der Waals surface area contributed by atoms with Crippen LogP contribution >= 0.6 is 0 Å². The normalized spacial score (nSPS) is 19.0. The Morgan fingerprint density at radius 1 is 1.15 bits per heavy atom. The van der Waals surface area contributed by atoms with E-state index in [0.717, 1.165) is 57.3 Å². The zero-order valence-corrected chi connectivity index (χ0v) is 16.4. The molecule has 1 aliphatic heterocycles. The molecule has 5 heteroatoms. The van der Waals surface area contributed by atoms with Gasteiger partial charge in [-0.3, -0.25) is 4.79 Å². The minimum absolute atomic E-state index is 0.0992. The van der Waals surface area contributed by atoms with Gasteiger partial charge in [0.05, 0.1) is 5.69 Å². The minimum Gasteiger partial charge on any atom is -0.337 e. The van der Waals surface area contributed by atoms with E-state index in [1.54, 1.807) is 0 Å². The number of hydrogen-bond acceptors (Lipinski definition) is 3. The van der Waals surface area contributed by atoms with Crippen molar-refractivity contribution >= 4 is 5.91 Å². The second kappa shape index (κ2) is 7.47. The largest absolute Gasteiger partial charge is 0.337 e. The molecule has 1 saturated heterocycles. The molecule has 0 spiro atoms. The van der Waals surface area contributed by atoms with E-state index in [4.69, 9.17) is 10.8 Å². The van der Waals surface area contributed by atoms with Gasteiger partial charge >= 0.3 is 0 Å². The number of rotatable bonds is 3. The third kappa shape index (κ3) is 3.53. The van der Waals surface area contributed by atoms with Crippen LogP contribution in [0, 0.1) is 12.8 Å². The van der Waals surface area contributed by atoms with Gasteiger partial charge in [-0.15, -0.1) is 0 Å². The van der Waals surface area contributed by atoms with E-state index in [-0.39, 0.29) is 11.9 Å². The van der Waals surface area contributed by atoms with Gasteiger partial charge < -0.3 is 10.6 Å². The van der Waals surface area contributed by atoms with Gasteiger partial charge in [0, 0.05) is 30.4 Å². The van der Waals surface area contributed by atoms with Gasteiger partial charge in [0.2, 0.25) is 0 Å². The Morgan fingerprint density at radius 2 is 1.81 bits per heavy atom. The summed E-state index contributed by atoms with van der Waals surface area (Å²) in [6.45, 7) is 5.74. The fourth-order valence-corrected chi connectivity index (χ4v) is 4.45. The second-order valence-electron chi connectivity index (χ2n) is 8.22. The lowest BCUT2D eigenvalue weighted by Gasteiger charge is -2.33. The van der Waals surface area contributed by atoms with Crippen LogP contribution in [0.15, 0.2) is 24.3 Å². The molecular weight excluding hydrogens is 336 g/mol. The molecule has 1 atom stereocenters. The maximum Gasteiger partial charge on any atom is 0.274 e. The van der Waals surface area contributed by atoms with Crippen LogP contribution in [0.25, 0.3) is 5.69 Å². The third-order valence-electron chi connectivity index (χ3n) is 6.23. The highest BCUT2D eigenvalue weighted by molar-refractivity contribution is 5.94. The van der Waals surface area contributed by atoms with Gasteiger partial charge in [0.25, 0.3) is 5.91 Å². The molecule has 1 aromatic carbocycles. The number of fused-ring (bicyclic) bond motifs is 1. The van der Waals surface area contributed by atoms with E-state index in [2.05, 4.69) is 38.1 Å². The maximum absolute atomic E-state index is 13.3. The molecule has 1 unspecified atom stereocenters. The first-order chi connectivity index (χ1) is 13.0. The Balaban J connectivity index is 1.63. The first kappa shape index (κ1) is 18.2. The molecule has 2 heterocycles. The van der Waals surface area contributed by atoms with Crippen LogP contribution in [0.4, 0.5) is 0 Å². The van der Waals surface area contributed by atoms with Crippen LogP contribution in [0.2, 0.25) is 0 Å². The zero-order chi connectivity index (χ0) is 19.0. The Bertz CT molecular complexity index is 814. The average molecular weight is 367 g/mol. The Labute approximate surface area is 161 Å². The SMILES string of the molecule is Cc1ccc(-n2nc(C(=O)N3CCC(C(C)N)CC3)c3c2CCCC3)cc1. The topological polar surface area (TPSA) is 64.2 Å². The van der Waals surface area contributed by atoms with E-state index < -0.39 is 0 Å². The van der Waals surface area contributed by atoms with E-state index in [1.807, 2.05) is 9.58 Å². The zero-order valence-electron chi connectivity index (χ0n) is 16.4. The first-order valence-electron chi connectivity index (χ1n) is 10.3. The summed E-state index contributed by atoms with van der Waals surface area (Å²) < 4.78 is 2.01. The number of piperidine rings is 1. The van der Waals surface area contributed by atoms with Crippen molar-refractivity contribution in [3.63, 3.8) is 0 Å². The van der Waals surface area contributed by atoms with Crippen LogP contribution in [0.5, 0.6) is 0 Å². The fourth-order valence-electron chi connectivity index (χ4n) is 4.45. The van der Waals surface area contributed by atoms with Crippen molar-refractivity contribution in [1.82, 2.24) is 14.7 Å². The second-order valence-corrected chi connectivity index (χ2v) is 8.22. The molecule has 0 radical (unpaired) electrons. The van der Waals surface area contributed by atoms with Gasteiger partial charge in [-0.05, 0) is 70.4 Å². The number of aromatic nitrogens is 2. The lowest BCUT2D eigenvalue weighted by atomic mass is 9.90. The Kier molecular flexibility index (Phi) is 5.04. The lowest BCUT2D eigenvalue weighted by molar-refractivity contribution is 0.0673. The van der Waals surface area contributed by atoms with E-state index in [0.29, 0.717) is 11.6 Å². The van der Waals surface area contributed by atoms with E-state index in [9.17, 15) is 4.79 Å². The molecule has 0 bridgehead atoms. The Hall–Kier alpha value is -2.14. The van der Waals surface area contributed by atoms with E-state index in [1.165, 1.54) is 16.8 Å². The van der Waals surface area contributed by atoms with Gasteiger partial charge in [0.1, 0.15) is 0 Å². The average Bonchev–Trinajstić information content (AvgIpc) is 3.08. The molecule has 2 N–H and O–H groups in total. The van der Waals surface area contributed by atoms with Crippen molar-refractivity contribution in [3.8, 4) is 5.69 Å². The van der Waals surface area contributed by atoms with Crippen LogP contribution in [-0.4, -0.2) is 39.7 Å². The monoisotopic (exact) mass is 366 g/mol. The van der Waals surface area contributed by atoms with Crippen molar-refractivity contribution in [1.29, 1.82) is 0 Å². The smallest absolute Gasteiger partial charge is 0.274 e. The predicted molar refractivity (Wildman–Crippen MR) is 107 cm³/mol. The summed E-state index contributed by atoms with van der Waals surface area (Å²) in [7, 11) is 0. The Morgan fingerprint density at radius 3 is 2.48 bits per heavy atom. The number of hydrogen-bond donors (Lipinski definition) is 1. The molecule has 4 rings (SSSR count). The van der Waals surface area contributed by atoms with Crippen LogP contribution in [0.3, 0.4) is 0 Å². The van der Waals surface area contributed by atoms with Crippen molar-refractivity contribution in [2.75, 3.05) is 13.1 Å². The number of nitrogens with two attached hydrogens (primary N) is 1. The number of aryl methyl sites for hydroxylation is 1. The number of likely N-dealkylation sites (tertiary alicyclic amines) is 1. The standard InChI is InChI=1S/C22H30N4O/c1-15-7-9-18(10-8-15)26-20-6-4-3-5-19(20)21(24-26)22(27)25-13-11-17(12-14-25)16(2)23/h7-10,16-17H,3-6,11-14,23H2,1-2H3. The summed E-state index contributed by atoms with van der Waals surface area (Å²) in [5, 5.41) is 4.82. The van der Waals surface area contributed by atoms with Crippen LogP contribution in [0.1, 0.15) is 59.9 Å². The van der Waals surface area contributed by atoms with Gasteiger partial charge in [0.15, 0.2) is 5.69 Å². The molecule has 2 aromatic rings. The van der Waals surface area contributed by atoms with Crippen LogP contribution < -0.4 is 5.73 Å². The van der Waals surface area contributed by atoms with Crippen molar-refractivity contribution < 1.29 is 4.79 Å². The fraction of sp³-hybridized carbons (Fsp3) is 0.545. The molecule has 144 valence electrons. The maximum atomic E-state index is 13.3. The highest BCUT2D eigenvalue weighted by atomic mass is 16.2. The number of nitrogens with zero attached hydrogens (tertiary/aromatic N) is 3. The quantitative estimate of drug-likeness (QED) is 0.907. The summed E-state index contributed by atoms with van der Waals surface area (Å²) in [5.41, 5.74) is 11.4. The highest BCUT2D eigenvalue weighted by Crippen LogP contribution is 2.29. The number of amides is 1.